The molecule has 8 heteroatoms. The maximum atomic E-state index is 14.8. The Bertz CT molecular complexity index is 1360. The first-order valence-corrected chi connectivity index (χ1v) is 12.1. The Labute approximate surface area is 211 Å². The number of benzene rings is 3. The zero-order valence-electron chi connectivity index (χ0n) is 20.0. The number of allylic oxidation sites excluding steroid dienone is 1. The molecule has 3 nitrogen and oxygen atoms in total. The lowest BCUT2D eigenvalue weighted by Crippen LogP contribution is -2.16. The minimum absolute atomic E-state index is 0.0514. The van der Waals surface area contributed by atoms with E-state index in [0.29, 0.717) is 37.0 Å². The molecule has 0 bridgehead atoms. The summed E-state index contributed by atoms with van der Waals surface area (Å²) in [7, 11) is 0. The summed E-state index contributed by atoms with van der Waals surface area (Å²) in [6.07, 6.45) is 1.54. The molecule has 1 heterocycles. The normalized spacial score (nSPS) is 20.0. The molecule has 3 atom stereocenters. The van der Waals surface area contributed by atoms with Crippen LogP contribution in [0.25, 0.3) is 16.7 Å². The predicted molar refractivity (Wildman–Crippen MR) is 128 cm³/mol. The minimum Gasteiger partial charge on any atom is -0.389 e. The number of ether oxygens (including phenoxy) is 2. The van der Waals surface area contributed by atoms with Gasteiger partial charge in [-0.1, -0.05) is 42.5 Å². The highest BCUT2D eigenvalue weighted by atomic mass is 19.2. The van der Waals surface area contributed by atoms with Gasteiger partial charge >= 0.3 is 0 Å². The second kappa shape index (κ2) is 10.4. The molecule has 1 aliphatic heterocycles. The van der Waals surface area contributed by atoms with E-state index < -0.39 is 41.3 Å². The van der Waals surface area contributed by atoms with Gasteiger partial charge < -0.3 is 14.6 Å². The average Bonchev–Trinajstić information content (AvgIpc) is 3.72. The van der Waals surface area contributed by atoms with E-state index in [0.717, 1.165) is 0 Å². The number of aliphatic hydroxyl groups excluding tert-OH is 1. The molecule has 194 valence electrons. The molecule has 1 fully saturated rings. The van der Waals surface area contributed by atoms with Gasteiger partial charge in [0.25, 0.3) is 0 Å². The topological polar surface area (TPSA) is 42.0 Å². The van der Waals surface area contributed by atoms with Crippen molar-refractivity contribution in [1.82, 2.24) is 0 Å². The number of aliphatic hydroxyl groups is 1. The van der Waals surface area contributed by atoms with Crippen LogP contribution in [0.5, 0.6) is 0 Å². The summed E-state index contributed by atoms with van der Waals surface area (Å²) in [6.45, 7) is 1.81. The highest BCUT2D eigenvalue weighted by Gasteiger charge is 2.30. The van der Waals surface area contributed by atoms with E-state index in [-0.39, 0.29) is 40.5 Å². The third-order valence-electron chi connectivity index (χ3n) is 6.87. The van der Waals surface area contributed by atoms with E-state index in [1.54, 1.807) is 12.1 Å². The average molecular weight is 517 g/mol. The van der Waals surface area contributed by atoms with Crippen molar-refractivity contribution in [2.24, 2.45) is 0 Å². The first-order valence-electron chi connectivity index (χ1n) is 12.1. The fraction of sp³-hybridized carbons (Fsp3) is 0.310. The summed E-state index contributed by atoms with van der Waals surface area (Å²) in [5, 5.41) is 9.56. The van der Waals surface area contributed by atoms with Crippen LogP contribution in [0, 0.1) is 29.1 Å². The Kier molecular flexibility index (Phi) is 7.16. The molecule has 0 saturated carbocycles. The van der Waals surface area contributed by atoms with Crippen molar-refractivity contribution < 1.29 is 36.5 Å². The van der Waals surface area contributed by atoms with Crippen LogP contribution in [-0.2, 0) is 16.1 Å². The smallest absolute Gasteiger partial charge is 0.167 e. The van der Waals surface area contributed by atoms with Crippen LogP contribution in [0.1, 0.15) is 60.6 Å². The zero-order chi connectivity index (χ0) is 26.3. The highest BCUT2D eigenvalue weighted by Crippen LogP contribution is 2.37. The molecule has 0 radical (unpaired) electrons. The van der Waals surface area contributed by atoms with Crippen LogP contribution in [0.15, 0.2) is 48.5 Å². The summed E-state index contributed by atoms with van der Waals surface area (Å²) >= 11 is 0. The minimum atomic E-state index is -1.11. The van der Waals surface area contributed by atoms with Gasteiger partial charge in [0.2, 0.25) is 0 Å². The summed E-state index contributed by atoms with van der Waals surface area (Å²) in [5.41, 5.74) is 1.18. The molecule has 2 aliphatic rings. The first kappa shape index (κ1) is 25.6. The van der Waals surface area contributed by atoms with E-state index in [9.17, 15) is 27.1 Å². The van der Waals surface area contributed by atoms with Crippen molar-refractivity contribution >= 4 is 5.57 Å². The Morgan fingerprint density at radius 3 is 2.27 bits per heavy atom. The highest BCUT2D eigenvalue weighted by molar-refractivity contribution is 5.68. The maximum Gasteiger partial charge on any atom is 0.167 e. The second-order valence-electron chi connectivity index (χ2n) is 9.41. The van der Waals surface area contributed by atoms with Crippen LogP contribution in [0.4, 0.5) is 22.0 Å². The number of halogens is 5. The molecule has 3 aromatic carbocycles. The van der Waals surface area contributed by atoms with Crippen LogP contribution in [-0.4, -0.2) is 17.8 Å². The van der Waals surface area contributed by atoms with E-state index in [1.165, 1.54) is 43.3 Å². The molecule has 1 saturated heterocycles. The number of hydrogen-bond donors (Lipinski definition) is 1. The van der Waals surface area contributed by atoms with Gasteiger partial charge in [-0.2, -0.15) is 0 Å². The molecular formula is C29H25F5O3. The Hall–Kier alpha value is -3.07. The summed E-state index contributed by atoms with van der Waals surface area (Å²) in [5.74, 6) is -4.87. The monoisotopic (exact) mass is 516 g/mol. The van der Waals surface area contributed by atoms with Crippen LogP contribution < -0.4 is 0 Å². The van der Waals surface area contributed by atoms with Crippen LogP contribution in [0.2, 0.25) is 0 Å². The van der Waals surface area contributed by atoms with E-state index in [1.807, 2.05) is 0 Å². The molecule has 1 aliphatic carbocycles. The van der Waals surface area contributed by atoms with Crippen molar-refractivity contribution in [3.63, 3.8) is 0 Å². The fourth-order valence-corrected chi connectivity index (χ4v) is 4.67. The van der Waals surface area contributed by atoms with Crippen molar-refractivity contribution in [2.45, 2.75) is 51.1 Å². The summed E-state index contributed by atoms with van der Waals surface area (Å²) < 4.78 is 83.4. The molecular weight excluding hydrogens is 491 g/mol. The molecule has 0 aromatic heterocycles. The Morgan fingerprint density at radius 2 is 1.62 bits per heavy atom. The number of epoxide rings is 1. The lowest BCUT2D eigenvalue weighted by molar-refractivity contribution is 0.0358. The largest absolute Gasteiger partial charge is 0.389 e. The van der Waals surface area contributed by atoms with Crippen LogP contribution >= 0.6 is 0 Å². The van der Waals surface area contributed by atoms with Crippen molar-refractivity contribution in [1.29, 1.82) is 0 Å². The number of rotatable bonds is 7. The fourth-order valence-electron chi connectivity index (χ4n) is 4.67. The molecule has 3 aromatic rings. The maximum absolute atomic E-state index is 14.8. The Balaban J connectivity index is 1.23. The molecule has 5 rings (SSSR count). The van der Waals surface area contributed by atoms with Gasteiger partial charge in [0, 0.05) is 27.8 Å². The van der Waals surface area contributed by atoms with Crippen molar-refractivity contribution in [2.75, 3.05) is 6.61 Å². The lowest BCUT2D eigenvalue weighted by Gasteiger charge is -2.23. The van der Waals surface area contributed by atoms with Gasteiger partial charge in [0.15, 0.2) is 23.3 Å². The van der Waals surface area contributed by atoms with Gasteiger partial charge in [-0.15, -0.1) is 0 Å². The van der Waals surface area contributed by atoms with E-state index >= 15 is 0 Å². The number of hydrogen-bond acceptors (Lipinski definition) is 3. The lowest BCUT2D eigenvalue weighted by atomic mass is 9.90. The first-order chi connectivity index (χ1) is 17.7. The molecule has 0 spiro atoms. The summed E-state index contributed by atoms with van der Waals surface area (Å²) in [4.78, 5) is 0. The Morgan fingerprint density at radius 1 is 0.919 bits per heavy atom. The van der Waals surface area contributed by atoms with Gasteiger partial charge in [0.1, 0.15) is 11.9 Å². The molecule has 1 N–H and O–H groups in total. The van der Waals surface area contributed by atoms with Gasteiger partial charge in [-0.3, -0.25) is 0 Å². The third-order valence-corrected chi connectivity index (χ3v) is 6.87. The van der Waals surface area contributed by atoms with Gasteiger partial charge in [0.05, 0.1) is 25.4 Å². The molecule has 3 unspecified atom stereocenters. The second-order valence-corrected chi connectivity index (χ2v) is 9.41. The standard InChI is InChI=1S/C29H25F5O3/c1-15(35)19-8-9-20(27(32)26(19)31)17-3-5-18(6-4-17)36-13-16-2-7-21(24(30)12-16)22-10-11-23(25-14-37-25)29(34)28(22)33/h2-3,7-12,15,18,25,35H,4-6,13-14H2,1H3. The van der Waals surface area contributed by atoms with Crippen molar-refractivity contribution in [3.05, 3.63) is 99.9 Å². The molecule has 0 amide bonds. The van der Waals surface area contributed by atoms with Gasteiger partial charge in [-0.25, -0.2) is 22.0 Å². The predicted octanol–water partition coefficient (Wildman–Crippen LogP) is 7.33. The quantitative estimate of drug-likeness (QED) is 0.264. The zero-order valence-corrected chi connectivity index (χ0v) is 20.0. The van der Waals surface area contributed by atoms with E-state index in [2.05, 4.69) is 0 Å². The van der Waals surface area contributed by atoms with Crippen molar-refractivity contribution in [3.8, 4) is 11.1 Å². The van der Waals surface area contributed by atoms with Crippen LogP contribution in [0.3, 0.4) is 0 Å². The molecule has 37 heavy (non-hydrogen) atoms. The summed E-state index contributed by atoms with van der Waals surface area (Å²) in [6, 6.07) is 9.84. The SMILES string of the molecule is CC(O)c1ccc(C2=CCC(OCc3ccc(-c4ccc(C5CO5)c(F)c4F)c(F)c3)CC2)c(F)c1F. The van der Waals surface area contributed by atoms with E-state index in [4.69, 9.17) is 9.47 Å². The van der Waals surface area contributed by atoms with Gasteiger partial charge in [-0.05, 0) is 43.4 Å². The third kappa shape index (κ3) is 5.19.